The summed E-state index contributed by atoms with van der Waals surface area (Å²) in [6.45, 7) is 0. The van der Waals surface area contributed by atoms with E-state index < -0.39 is 5.79 Å². The summed E-state index contributed by atoms with van der Waals surface area (Å²) in [7, 11) is 0. The number of rotatable bonds is 2. The van der Waals surface area contributed by atoms with Crippen LogP contribution in [0.2, 0.25) is 0 Å². The van der Waals surface area contributed by atoms with Gasteiger partial charge in [0.25, 0.3) is 18.3 Å². The van der Waals surface area contributed by atoms with Crippen molar-refractivity contribution < 1.29 is 9.47 Å². The topological polar surface area (TPSA) is 66.0 Å². The smallest absolute Gasteiger partial charge is 0.290 e. The normalized spacial score (nSPS) is 20.2. The van der Waals surface area contributed by atoms with Gasteiger partial charge in [0.15, 0.2) is 0 Å². The second kappa shape index (κ2) is 3.82. The van der Waals surface area contributed by atoms with Crippen LogP contribution in [0.15, 0.2) is 0 Å². The number of hydrogen-bond acceptors (Lipinski definition) is 4. The van der Waals surface area contributed by atoms with E-state index in [-0.39, 0.29) is 0 Å². The summed E-state index contributed by atoms with van der Waals surface area (Å²) in [4.78, 5) is 0. The minimum absolute atomic E-state index is 0.633. The largest absolute Gasteiger partial charge is 0.381 e. The highest BCUT2D eigenvalue weighted by atomic mass is 16.7. The molecule has 64 valence electrons. The lowest BCUT2D eigenvalue weighted by atomic mass is 9.94. The van der Waals surface area contributed by atoms with E-state index in [1.54, 1.807) is 12.5 Å². The second-order valence-electron chi connectivity index (χ2n) is 2.86. The van der Waals surface area contributed by atoms with Crippen LogP contribution in [0.3, 0.4) is 0 Å². The van der Waals surface area contributed by atoms with Crippen LogP contribution < -0.4 is 0 Å². The number of ether oxygens (including phenoxy) is 2. The first kappa shape index (κ1) is 8.67. The fourth-order valence-electron chi connectivity index (χ4n) is 1.48. The van der Waals surface area contributed by atoms with E-state index in [4.69, 9.17) is 20.0 Å². The molecule has 0 N–H and O–H groups in total. The molecule has 0 radical (unpaired) electrons. The quantitative estimate of drug-likeness (QED) is 0.462. The molecule has 0 unspecified atom stereocenters. The predicted molar refractivity (Wildman–Crippen MR) is 39.2 cm³/mol. The van der Waals surface area contributed by atoms with Gasteiger partial charge in [0.1, 0.15) is 0 Å². The molecule has 1 fully saturated rings. The molecule has 1 aliphatic carbocycles. The van der Waals surface area contributed by atoms with Crippen LogP contribution in [-0.4, -0.2) is 5.79 Å². The molecule has 12 heavy (non-hydrogen) atoms. The Balaban J connectivity index is 2.58. The lowest BCUT2D eigenvalue weighted by molar-refractivity contribution is -0.177. The molecule has 1 saturated carbocycles. The lowest BCUT2D eigenvalue weighted by Gasteiger charge is -2.30. The van der Waals surface area contributed by atoms with Gasteiger partial charge in [0.05, 0.1) is 0 Å². The summed E-state index contributed by atoms with van der Waals surface area (Å²) < 4.78 is 9.54. The molecular formula is C8H10N2O2. The Morgan fingerprint density at radius 3 is 1.83 bits per heavy atom. The Kier molecular flexibility index (Phi) is 2.76. The fourth-order valence-corrected chi connectivity index (χ4v) is 1.48. The van der Waals surface area contributed by atoms with Crippen LogP contribution in [0.5, 0.6) is 0 Å². The van der Waals surface area contributed by atoms with E-state index in [1.807, 2.05) is 0 Å². The Morgan fingerprint density at radius 2 is 1.42 bits per heavy atom. The molecule has 1 rings (SSSR count). The van der Waals surface area contributed by atoms with Crippen LogP contribution >= 0.6 is 0 Å². The summed E-state index contributed by atoms with van der Waals surface area (Å²) in [5, 5.41) is 16.7. The third kappa shape index (κ3) is 1.79. The SMILES string of the molecule is N#COC1(OC#N)CCCCC1. The molecule has 0 saturated heterocycles. The average Bonchev–Trinajstić information content (AvgIpc) is 2.07. The van der Waals surface area contributed by atoms with Gasteiger partial charge in [-0.15, -0.1) is 0 Å². The van der Waals surface area contributed by atoms with Crippen molar-refractivity contribution in [2.75, 3.05) is 0 Å². The first-order valence-corrected chi connectivity index (χ1v) is 3.97. The Labute approximate surface area is 71.3 Å². The molecular weight excluding hydrogens is 156 g/mol. The Bertz CT molecular complexity index is 202. The van der Waals surface area contributed by atoms with Crippen molar-refractivity contribution in [1.82, 2.24) is 0 Å². The zero-order chi connectivity index (χ0) is 8.86. The number of nitrogens with zero attached hydrogens (tertiary/aromatic N) is 2. The van der Waals surface area contributed by atoms with Crippen molar-refractivity contribution in [2.45, 2.75) is 37.9 Å². The van der Waals surface area contributed by atoms with Crippen LogP contribution in [0.1, 0.15) is 32.1 Å². The van der Waals surface area contributed by atoms with Crippen molar-refractivity contribution >= 4 is 0 Å². The van der Waals surface area contributed by atoms with Gasteiger partial charge >= 0.3 is 0 Å². The number of nitriles is 2. The molecule has 4 nitrogen and oxygen atoms in total. The fraction of sp³-hybridized carbons (Fsp3) is 0.750. The Hall–Kier alpha value is -1.42. The summed E-state index contributed by atoms with van der Waals surface area (Å²) in [6, 6.07) is 0. The summed E-state index contributed by atoms with van der Waals surface area (Å²) >= 11 is 0. The van der Waals surface area contributed by atoms with Crippen molar-refractivity contribution in [1.29, 1.82) is 10.5 Å². The predicted octanol–water partition coefficient (Wildman–Crippen LogP) is 1.64. The average molecular weight is 166 g/mol. The van der Waals surface area contributed by atoms with Crippen molar-refractivity contribution in [3.05, 3.63) is 0 Å². The molecule has 0 atom stereocenters. The first-order chi connectivity index (χ1) is 5.83. The van der Waals surface area contributed by atoms with E-state index in [0.717, 1.165) is 19.3 Å². The maximum Gasteiger partial charge on any atom is 0.290 e. The third-order valence-electron chi connectivity index (χ3n) is 2.08. The first-order valence-electron chi connectivity index (χ1n) is 3.97. The zero-order valence-corrected chi connectivity index (χ0v) is 6.75. The molecule has 0 aromatic heterocycles. The molecule has 0 aliphatic heterocycles. The van der Waals surface area contributed by atoms with Crippen LogP contribution in [0, 0.1) is 23.0 Å². The highest BCUT2D eigenvalue weighted by Gasteiger charge is 2.36. The molecule has 0 bridgehead atoms. The molecule has 0 amide bonds. The zero-order valence-electron chi connectivity index (χ0n) is 6.75. The highest BCUT2D eigenvalue weighted by Crippen LogP contribution is 2.32. The molecule has 4 heteroatoms. The van der Waals surface area contributed by atoms with Gasteiger partial charge in [0, 0.05) is 12.8 Å². The lowest BCUT2D eigenvalue weighted by Crippen LogP contribution is -2.35. The highest BCUT2D eigenvalue weighted by molar-refractivity contribution is 4.80. The third-order valence-corrected chi connectivity index (χ3v) is 2.08. The van der Waals surface area contributed by atoms with E-state index in [2.05, 4.69) is 0 Å². The monoisotopic (exact) mass is 166 g/mol. The maximum atomic E-state index is 8.35. The van der Waals surface area contributed by atoms with Crippen molar-refractivity contribution in [2.24, 2.45) is 0 Å². The van der Waals surface area contributed by atoms with Gasteiger partial charge in [-0.3, -0.25) is 0 Å². The van der Waals surface area contributed by atoms with Gasteiger partial charge in [0.2, 0.25) is 0 Å². The van der Waals surface area contributed by atoms with Crippen molar-refractivity contribution in [3.8, 4) is 12.5 Å². The van der Waals surface area contributed by atoms with E-state index in [1.165, 1.54) is 0 Å². The molecule has 0 spiro atoms. The minimum atomic E-state index is -0.943. The van der Waals surface area contributed by atoms with Crippen molar-refractivity contribution in [3.63, 3.8) is 0 Å². The summed E-state index contributed by atoms with van der Waals surface area (Å²) in [5.41, 5.74) is 0. The van der Waals surface area contributed by atoms with Crippen LogP contribution in [-0.2, 0) is 9.47 Å². The number of hydrogen-bond donors (Lipinski definition) is 0. The summed E-state index contributed by atoms with van der Waals surface area (Å²) in [6.07, 6.45) is 7.45. The van der Waals surface area contributed by atoms with Gasteiger partial charge < -0.3 is 9.47 Å². The molecule has 1 aliphatic rings. The van der Waals surface area contributed by atoms with Gasteiger partial charge in [-0.25, -0.2) is 0 Å². The van der Waals surface area contributed by atoms with Gasteiger partial charge in [-0.2, -0.15) is 10.5 Å². The molecule has 0 heterocycles. The van der Waals surface area contributed by atoms with E-state index in [0.29, 0.717) is 12.8 Å². The minimum Gasteiger partial charge on any atom is -0.381 e. The van der Waals surface area contributed by atoms with E-state index >= 15 is 0 Å². The Morgan fingerprint density at radius 1 is 0.917 bits per heavy atom. The van der Waals surface area contributed by atoms with Crippen LogP contribution in [0.4, 0.5) is 0 Å². The second-order valence-corrected chi connectivity index (χ2v) is 2.86. The van der Waals surface area contributed by atoms with Crippen LogP contribution in [0.25, 0.3) is 0 Å². The maximum absolute atomic E-state index is 8.35. The standard InChI is InChI=1S/C8H10N2O2/c9-6-11-8(12-7-10)4-2-1-3-5-8/h1-5H2. The van der Waals surface area contributed by atoms with Gasteiger partial charge in [-0.05, 0) is 12.8 Å². The van der Waals surface area contributed by atoms with E-state index in [9.17, 15) is 0 Å². The van der Waals surface area contributed by atoms with Gasteiger partial charge in [-0.1, -0.05) is 6.42 Å². The summed E-state index contributed by atoms with van der Waals surface area (Å²) in [5.74, 6) is -0.943. The molecule has 0 aromatic rings. The molecule has 0 aromatic carbocycles.